The molecule has 1 fully saturated rings. The molecule has 0 unspecified atom stereocenters. The first kappa shape index (κ1) is 18.9. The van der Waals surface area contributed by atoms with Crippen LogP contribution in [0.3, 0.4) is 0 Å². The van der Waals surface area contributed by atoms with E-state index in [1.165, 1.54) is 24.9 Å². The zero-order chi connectivity index (χ0) is 19.2. The van der Waals surface area contributed by atoms with Gasteiger partial charge in [0.25, 0.3) is 5.91 Å². The van der Waals surface area contributed by atoms with Crippen molar-refractivity contribution in [2.45, 2.75) is 39.7 Å². The maximum absolute atomic E-state index is 12.3. The van der Waals surface area contributed by atoms with Gasteiger partial charge >= 0.3 is 0 Å². The molecule has 27 heavy (non-hydrogen) atoms. The van der Waals surface area contributed by atoms with Gasteiger partial charge in [0.2, 0.25) is 5.91 Å². The molecule has 1 aromatic carbocycles. The Bertz CT molecular complexity index is 791. The van der Waals surface area contributed by atoms with Crippen LogP contribution in [0.1, 0.15) is 42.4 Å². The zero-order valence-corrected chi connectivity index (χ0v) is 16.0. The summed E-state index contributed by atoms with van der Waals surface area (Å²) >= 11 is 0. The van der Waals surface area contributed by atoms with E-state index in [4.69, 9.17) is 0 Å². The van der Waals surface area contributed by atoms with Crippen LogP contribution in [0.15, 0.2) is 30.3 Å². The first-order valence-electron chi connectivity index (χ1n) is 9.54. The number of piperidine rings is 1. The lowest BCUT2D eigenvalue weighted by Crippen LogP contribution is -2.34. The van der Waals surface area contributed by atoms with E-state index < -0.39 is 0 Å². The Balaban J connectivity index is 1.50. The summed E-state index contributed by atoms with van der Waals surface area (Å²) in [6.45, 7) is 6.45. The summed E-state index contributed by atoms with van der Waals surface area (Å²) in [6, 6.07) is 9.58. The van der Waals surface area contributed by atoms with Gasteiger partial charge < -0.3 is 15.5 Å². The third kappa shape index (κ3) is 4.87. The molecule has 0 atom stereocenters. The van der Waals surface area contributed by atoms with E-state index in [0.717, 1.165) is 24.5 Å². The number of aromatic nitrogens is 2. The van der Waals surface area contributed by atoms with Crippen LogP contribution in [-0.2, 0) is 11.3 Å². The summed E-state index contributed by atoms with van der Waals surface area (Å²) in [4.78, 5) is 26.8. The molecule has 2 heterocycles. The van der Waals surface area contributed by atoms with E-state index in [9.17, 15) is 9.59 Å². The number of amides is 2. The molecule has 0 saturated carbocycles. The van der Waals surface area contributed by atoms with Crippen LogP contribution in [0, 0.1) is 6.92 Å². The molecule has 0 aliphatic carbocycles. The van der Waals surface area contributed by atoms with Gasteiger partial charge in [0, 0.05) is 31.0 Å². The molecule has 2 amide bonds. The molecule has 144 valence electrons. The number of hydrogen-bond donors (Lipinski definition) is 2. The van der Waals surface area contributed by atoms with Crippen LogP contribution in [0.5, 0.6) is 0 Å². The first-order chi connectivity index (χ1) is 13.1. The monoisotopic (exact) mass is 369 g/mol. The number of anilines is 2. The van der Waals surface area contributed by atoms with Crippen molar-refractivity contribution in [3.8, 4) is 0 Å². The van der Waals surface area contributed by atoms with Crippen molar-refractivity contribution >= 4 is 23.2 Å². The molecule has 1 saturated heterocycles. The minimum Gasteiger partial charge on any atom is -0.372 e. The van der Waals surface area contributed by atoms with Gasteiger partial charge in [-0.2, -0.15) is 5.10 Å². The Morgan fingerprint density at radius 1 is 1.11 bits per heavy atom. The van der Waals surface area contributed by atoms with Gasteiger partial charge in [0.05, 0.1) is 12.2 Å². The van der Waals surface area contributed by atoms with E-state index >= 15 is 0 Å². The predicted molar refractivity (Wildman–Crippen MR) is 106 cm³/mol. The predicted octanol–water partition coefficient (Wildman–Crippen LogP) is 2.57. The Morgan fingerprint density at radius 2 is 1.81 bits per heavy atom. The Labute approximate surface area is 159 Å². The number of carbonyl (C=O) groups excluding carboxylic acids is 2. The van der Waals surface area contributed by atoms with Crippen molar-refractivity contribution in [3.63, 3.8) is 0 Å². The van der Waals surface area contributed by atoms with Gasteiger partial charge in [-0.25, -0.2) is 0 Å². The maximum atomic E-state index is 12.3. The van der Waals surface area contributed by atoms with Crippen LogP contribution < -0.4 is 15.5 Å². The molecule has 1 aliphatic heterocycles. The third-order valence-corrected chi connectivity index (χ3v) is 4.72. The topological polar surface area (TPSA) is 79.3 Å². The largest absolute Gasteiger partial charge is 0.372 e. The molecular weight excluding hydrogens is 342 g/mol. The van der Waals surface area contributed by atoms with Gasteiger partial charge in [-0.05, 0) is 63.4 Å². The quantitative estimate of drug-likeness (QED) is 0.820. The van der Waals surface area contributed by atoms with Crippen LogP contribution in [0.4, 0.5) is 11.4 Å². The highest BCUT2D eigenvalue weighted by atomic mass is 16.2. The third-order valence-electron chi connectivity index (χ3n) is 4.72. The molecule has 1 aliphatic rings. The summed E-state index contributed by atoms with van der Waals surface area (Å²) in [5.74, 6) is -0.554. The van der Waals surface area contributed by atoms with E-state index in [1.54, 1.807) is 10.7 Å². The van der Waals surface area contributed by atoms with Crippen molar-refractivity contribution in [1.29, 1.82) is 0 Å². The van der Waals surface area contributed by atoms with Crippen molar-refractivity contribution in [2.24, 2.45) is 0 Å². The fraction of sp³-hybridized carbons (Fsp3) is 0.450. The number of benzene rings is 1. The van der Waals surface area contributed by atoms with E-state index in [1.807, 2.05) is 38.1 Å². The zero-order valence-electron chi connectivity index (χ0n) is 16.0. The Kier molecular flexibility index (Phi) is 6.11. The lowest BCUT2D eigenvalue weighted by atomic mass is 10.1. The van der Waals surface area contributed by atoms with Crippen LogP contribution in [0.2, 0.25) is 0 Å². The minimum atomic E-state index is -0.298. The average Bonchev–Trinajstić information content (AvgIpc) is 3.08. The molecule has 1 aromatic heterocycles. The van der Waals surface area contributed by atoms with Gasteiger partial charge in [0.1, 0.15) is 5.69 Å². The van der Waals surface area contributed by atoms with Crippen LogP contribution in [-0.4, -0.2) is 41.2 Å². The number of carbonyl (C=O) groups is 2. The highest BCUT2D eigenvalue weighted by molar-refractivity contribution is 5.98. The van der Waals surface area contributed by atoms with Crippen molar-refractivity contribution in [2.75, 3.05) is 29.9 Å². The van der Waals surface area contributed by atoms with Gasteiger partial charge in [-0.1, -0.05) is 0 Å². The summed E-state index contributed by atoms with van der Waals surface area (Å²) in [5.41, 5.74) is 3.16. The smallest absolute Gasteiger partial charge is 0.269 e. The highest BCUT2D eigenvalue weighted by Crippen LogP contribution is 2.21. The molecule has 7 nitrogen and oxygen atoms in total. The fourth-order valence-electron chi connectivity index (χ4n) is 3.33. The van der Waals surface area contributed by atoms with Crippen LogP contribution in [0.25, 0.3) is 0 Å². The summed E-state index contributed by atoms with van der Waals surface area (Å²) < 4.78 is 1.63. The number of rotatable bonds is 6. The van der Waals surface area contributed by atoms with E-state index in [0.29, 0.717) is 12.2 Å². The second-order valence-electron chi connectivity index (χ2n) is 6.81. The van der Waals surface area contributed by atoms with Crippen molar-refractivity contribution in [3.05, 3.63) is 41.7 Å². The van der Waals surface area contributed by atoms with Crippen molar-refractivity contribution < 1.29 is 9.59 Å². The normalized spacial score (nSPS) is 14.1. The summed E-state index contributed by atoms with van der Waals surface area (Å²) in [7, 11) is 0. The summed E-state index contributed by atoms with van der Waals surface area (Å²) in [5, 5.41) is 9.71. The molecule has 0 bridgehead atoms. The first-order valence-corrected chi connectivity index (χ1v) is 9.54. The molecule has 2 aromatic rings. The second-order valence-corrected chi connectivity index (χ2v) is 6.81. The lowest BCUT2D eigenvalue weighted by molar-refractivity contribution is -0.115. The number of aryl methyl sites for hydroxylation is 2. The number of nitrogens with zero attached hydrogens (tertiary/aromatic N) is 3. The standard InChI is InChI=1S/C20H27N5O2/c1-3-25-18(13-15(2)23-25)20(27)21-14-19(26)22-16-7-9-17(10-8-16)24-11-5-4-6-12-24/h7-10,13H,3-6,11-12,14H2,1-2H3,(H,21,27)(H,22,26). The molecule has 3 rings (SSSR count). The molecule has 7 heteroatoms. The molecule has 0 radical (unpaired) electrons. The summed E-state index contributed by atoms with van der Waals surface area (Å²) in [6.07, 6.45) is 3.76. The maximum Gasteiger partial charge on any atom is 0.269 e. The fourth-order valence-corrected chi connectivity index (χ4v) is 3.33. The second kappa shape index (κ2) is 8.70. The van der Waals surface area contributed by atoms with Crippen LogP contribution >= 0.6 is 0 Å². The van der Waals surface area contributed by atoms with Gasteiger partial charge in [0.15, 0.2) is 0 Å². The number of nitrogens with one attached hydrogen (secondary N) is 2. The van der Waals surface area contributed by atoms with Gasteiger partial charge in [-0.3, -0.25) is 14.3 Å². The lowest BCUT2D eigenvalue weighted by Gasteiger charge is -2.28. The van der Waals surface area contributed by atoms with Gasteiger partial charge in [-0.15, -0.1) is 0 Å². The van der Waals surface area contributed by atoms with Crippen molar-refractivity contribution in [1.82, 2.24) is 15.1 Å². The molecule has 0 spiro atoms. The Hall–Kier alpha value is -2.83. The number of hydrogen-bond acceptors (Lipinski definition) is 4. The molecular formula is C20H27N5O2. The minimum absolute atomic E-state index is 0.0827. The highest BCUT2D eigenvalue weighted by Gasteiger charge is 2.14. The van der Waals surface area contributed by atoms with E-state index in [2.05, 4.69) is 20.6 Å². The Morgan fingerprint density at radius 3 is 2.48 bits per heavy atom. The molecule has 2 N–H and O–H groups in total. The average molecular weight is 369 g/mol. The SMILES string of the molecule is CCn1nc(C)cc1C(=O)NCC(=O)Nc1ccc(N2CCCCC2)cc1. The van der Waals surface area contributed by atoms with E-state index in [-0.39, 0.29) is 18.4 Å².